The van der Waals surface area contributed by atoms with Gasteiger partial charge in [-0.2, -0.15) is 11.8 Å². The number of esters is 2. The number of thioether (sulfide) groups is 1. The number of rotatable bonds is 6. The molecule has 8 nitrogen and oxygen atoms in total. The van der Waals surface area contributed by atoms with Crippen molar-refractivity contribution in [3.63, 3.8) is 0 Å². The minimum atomic E-state index is -1.12. The molecule has 10 heteroatoms. The molecule has 27 heavy (non-hydrogen) atoms. The fourth-order valence-electron chi connectivity index (χ4n) is 3.27. The Bertz CT molecular complexity index is 859. The van der Waals surface area contributed by atoms with Gasteiger partial charge in [-0.05, 0) is 26.5 Å². The predicted molar refractivity (Wildman–Crippen MR) is 102 cm³/mol. The standard InChI is InChI=1S/C17H21ClN4O4S/c1-4-25-12(23)5-11-6-27-7-17(11,16(24)26-10(2)3)22-9-21-13-14(18)19-8-20-15(13)22/h8-11H,4-7H2,1-3H3/t11-,17-/m0/s1. The third-order valence-electron chi connectivity index (χ3n) is 4.45. The van der Waals surface area contributed by atoms with Crippen molar-refractivity contribution in [2.75, 3.05) is 18.1 Å². The topological polar surface area (TPSA) is 96.2 Å². The van der Waals surface area contributed by atoms with Crippen LogP contribution in [0.5, 0.6) is 0 Å². The highest BCUT2D eigenvalue weighted by Gasteiger charge is 2.54. The lowest BCUT2D eigenvalue weighted by Gasteiger charge is -2.34. The summed E-state index contributed by atoms with van der Waals surface area (Å²) in [5.74, 6) is -0.0196. The SMILES string of the molecule is CCOC(=O)C[C@H]1CSC[C@]1(C(=O)OC(C)C)n1cnc2c(Cl)ncnc21. The Morgan fingerprint density at radius 3 is 2.89 bits per heavy atom. The molecule has 1 fully saturated rings. The summed E-state index contributed by atoms with van der Waals surface area (Å²) >= 11 is 7.71. The molecule has 0 radical (unpaired) electrons. The van der Waals surface area contributed by atoms with Crippen molar-refractivity contribution in [2.45, 2.75) is 38.8 Å². The number of fused-ring (bicyclic) bond motifs is 1. The highest BCUT2D eigenvalue weighted by Crippen LogP contribution is 2.44. The van der Waals surface area contributed by atoms with Crippen LogP contribution < -0.4 is 0 Å². The van der Waals surface area contributed by atoms with Gasteiger partial charge in [-0.1, -0.05) is 11.6 Å². The van der Waals surface area contributed by atoms with Crippen LogP contribution in [-0.4, -0.2) is 55.7 Å². The molecule has 0 amide bonds. The van der Waals surface area contributed by atoms with Gasteiger partial charge in [0.15, 0.2) is 16.3 Å². The summed E-state index contributed by atoms with van der Waals surface area (Å²) in [5, 5.41) is 0.207. The first-order valence-corrected chi connectivity index (χ1v) is 10.2. The van der Waals surface area contributed by atoms with Crippen LogP contribution >= 0.6 is 23.4 Å². The first kappa shape index (κ1) is 19.9. The van der Waals surface area contributed by atoms with Crippen LogP contribution in [0.1, 0.15) is 27.2 Å². The van der Waals surface area contributed by atoms with E-state index in [0.29, 0.717) is 29.3 Å². The van der Waals surface area contributed by atoms with Gasteiger partial charge in [-0.25, -0.2) is 19.7 Å². The second kappa shape index (κ2) is 8.02. The van der Waals surface area contributed by atoms with Gasteiger partial charge >= 0.3 is 11.9 Å². The molecule has 2 atom stereocenters. The van der Waals surface area contributed by atoms with Gasteiger partial charge < -0.3 is 9.47 Å². The number of hydrogen-bond acceptors (Lipinski definition) is 8. The summed E-state index contributed by atoms with van der Waals surface area (Å²) in [6.07, 6.45) is 2.66. The molecular formula is C17H21ClN4O4S. The lowest BCUT2D eigenvalue weighted by atomic mass is 9.84. The van der Waals surface area contributed by atoms with E-state index < -0.39 is 11.5 Å². The molecular weight excluding hydrogens is 392 g/mol. The highest BCUT2D eigenvalue weighted by atomic mass is 35.5. The molecule has 2 aromatic heterocycles. The van der Waals surface area contributed by atoms with Gasteiger partial charge in [0, 0.05) is 11.7 Å². The Hall–Kier alpha value is -1.87. The van der Waals surface area contributed by atoms with E-state index in [1.807, 2.05) is 0 Å². The van der Waals surface area contributed by atoms with E-state index in [0.717, 1.165) is 0 Å². The van der Waals surface area contributed by atoms with E-state index >= 15 is 0 Å². The van der Waals surface area contributed by atoms with E-state index in [2.05, 4.69) is 15.0 Å². The van der Waals surface area contributed by atoms with E-state index in [-0.39, 0.29) is 29.6 Å². The van der Waals surface area contributed by atoms with Crippen molar-refractivity contribution in [2.24, 2.45) is 5.92 Å². The Balaban J connectivity index is 2.11. The third kappa shape index (κ3) is 3.62. The molecule has 1 aliphatic heterocycles. The van der Waals surface area contributed by atoms with Crippen LogP contribution in [0.25, 0.3) is 11.2 Å². The number of ether oxygens (including phenoxy) is 2. The Labute approximate surface area is 166 Å². The van der Waals surface area contributed by atoms with Crippen LogP contribution in [0, 0.1) is 5.92 Å². The molecule has 3 rings (SSSR count). The lowest BCUT2D eigenvalue weighted by molar-refractivity contribution is -0.160. The Morgan fingerprint density at radius 1 is 1.41 bits per heavy atom. The monoisotopic (exact) mass is 412 g/mol. The highest BCUT2D eigenvalue weighted by molar-refractivity contribution is 7.99. The summed E-state index contributed by atoms with van der Waals surface area (Å²) in [6, 6.07) is 0. The average Bonchev–Trinajstić information content (AvgIpc) is 3.20. The van der Waals surface area contributed by atoms with Crippen molar-refractivity contribution in [3.8, 4) is 0 Å². The maximum Gasteiger partial charge on any atom is 0.333 e. The molecule has 3 heterocycles. The molecule has 146 valence electrons. The summed E-state index contributed by atoms with van der Waals surface area (Å²) < 4.78 is 12.4. The summed E-state index contributed by atoms with van der Waals surface area (Å²) in [5.41, 5.74) is -0.275. The molecule has 0 unspecified atom stereocenters. The zero-order chi connectivity index (χ0) is 19.6. The van der Waals surface area contributed by atoms with Crippen molar-refractivity contribution in [1.82, 2.24) is 19.5 Å². The van der Waals surface area contributed by atoms with Gasteiger partial charge in [0.1, 0.15) is 11.8 Å². The van der Waals surface area contributed by atoms with Crippen molar-refractivity contribution < 1.29 is 19.1 Å². The smallest absolute Gasteiger partial charge is 0.333 e. The molecule has 1 aliphatic rings. The second-order valence-electron chi connectivity index (χ2n) is 6.55. The zero-order valence-corrected chi connectivity index (χ0v) is 16.9. The molecule has 0 bridgehead atoms. The fraction of sp³-hybridized carbons (Fsp3) is 0.588. The third-order valence-corrected chi connectivity index (χ3v) is 6.01. The van der Waals surface area contributed by atoms with E-state index in [1.165, 1.54) is 12.7 Å². The van der Waals surface area contributed by atoms with Crippen LogP contribution in [0.4, 0.5) is 0 Å². The zero-order valence-electron chi connectivity index (χ0n) is 15.3. The lowest BCUT2D eigenvalue weighted by Crippen LogP contribution is -2.50. The summed E-state index contributed by atoms with van der Waals surface area (Å²) in [6.45, 7) is 5.63. The molecule has 0 aromatic carbocycles. The molecule has 0 N–H and O–H groups in total. The summed E-state index contributed by atoms with van der Waals surface area (Å²) in [4.78, 5) is 37.9. The normalized spacial score (nSPS) is 22.3. The fourth-order valence-corrected chi connectivity index (χ4v) is 5.04. The number of halogens is 1. The molecule has 1 saturated heterocycles. The average molecular weight is 413 g/mol. The van der Waals surface area contributed by atoms with Gasteiger partial charge in [-0.3, -0.25) is 9.36 Å². The minimum absolute atomic E-state index is 0.104. The Morgan fingerprint density at radius 2 is 2.19 bits per heavy atom. The van der Waals surface area contributed by atoms with Crippen LogP contribution in [0.3, 0.4) is 0 Å². The van der Waals surface area contributed by atoms with Crippen LogP contribution in [0.2, 0.25) is 5.15 Å². The van der Waals surface area contributed by atoms with Gasteiger partial charge in [-0.15, -0.1) is 0 Å². The molecule has 0 saturated carbocycles. The van der Waals surface area contributed by atoms with Crippen molar-refractivity contribution >= 4 is 46.5 Å². The number of hydrogen-bond donors (Lipinski definition) is 0. The number of aromatic nitrogens is 4. The van der Waals surface area contributed by atoms with Crippen molar-refractivity contribution in [1.29, 1.82) is 0 Å². The van der Waals surface area contributed by atoms with Gasteiger partial charge in [0.25, 0.3) is 0 Å². The van der Waals surface area contributed by atoms with Gasteiger partial charge in [0.2, 0.25) is 0 Å². The second-order valence-corrected chi connectivity index (χ2v) is 7.94. The van der Waals surface area contributed by atoms with Crippen LogP contribution in [0.15, 0.2) is 12.7 Å². The van der Waals surface area contributed by atoms with E-state index in [4.69, 9.17) is 21.1 Å². The summed E-state index contributed by atoms with van der Waals surface area (Å²) in [7, 11) is 0. The number of carbonyl (C=O) groups is 2. The molecule has 0 spiro atoms. The van der Waals surface area contributed by atoms with Crippen LogP contribution in [-0.2, 0) is 24.6 Å². The van der Waals surface area contributed by atoms with Crippen molar-refractivity contribution in [3.05, 3.63) is 17.8 Å². The van der Waals surface area contributed by atoms with E-state index in [1.54, 1.807) is 37.1 Å². The van der Waals surface area contributed by atoms with E-state index in [9.17, 15) is 9.59 Å². The maximum atomic E-state index is 13.2. The largest absolute Gasteiger partial charge is 0.466 e. The predicted octanol–water partition coefficient (Wildman–Crippen LogP) is 2.44. The Kier molecular flexibility index (Phi) is 5.90. The molecule has 2 aromatic rings. The first-order valence-electron chi connectivity index (χ1n) is 8.68. The number of carbonyl (C=O) groups excluding carboxylic acids is 2. The number of imidazole rings is 1. The number of nitrogens with zero attached hydrogens (tertiary/aromatic N) is 4. The first-order chi connectivity index (χ1) is 12.9. The minimum Gasteiger partial charge on any atom is -0.466 e. The maximum absolute atomic E-state index is 13.2. The van der Waals surface area contributed by atoms with Gasteiger partial charge in [0.05, 0.1) is 25.5 Å². The molecule has 0 aliphatic carbocycles. The quantitative estimate of drug-likeness (QED) is 0.527.